The third-order valence-electron chi connectivity index (χ3n) is 2.50. The van der Waals surface area contributed by atoms with Crippen molar-refractivity contribution in [2.45, 2.75) is 6.54 Å². The van der Waals surface area contributed by atoms with Gasteiger partial charge in [-0.15, -0.1) is 0 Å². The van der Waals surface area contributed by atoms with Crippen LogP contribution in [0, 0.1) is 0 Å². The molecule has 0 unspecified atom stereocenters. The second-order valence-corrected chi connectivity index (χ2v) is 4.13. The Balaban J connectivity index is 2.11. The van der Waals surface area contributed by atoms with E-state index in [9.17, 15) is 4.79 Å². The smallest absolute Gasteiger partial charge is 0.276 e. The number of hydrogen-bond acceptors (Lipinski definition) is 1. The fraction of sp³-hybridized carbons (Fsp3) is 0.0714. The van der Waals surface area contributed by atoms with Gasteiger partial charge < -0.3 is 5.32 Å². The van der Waals surface area contributed by atoms with Gasteiger partial charge in [-0.05, 0) is 16.7 Å². The topological polar surface area (TPSA) is 29.1 Å². The third-order valence-corrected chi connectivity index (χ3v) is 2.66. The molecule has 2 rings (SSSR count). The zero-order chi connectivity index (χ0) is 12.1. The summed E-state index contributed by atoms with van der Waals surface area (Å²) in [6, 6.07) is 18.3. The highest BCUT2D eigenvalue weighted by atomic mass is 32.1. The molecule has 3 heteroatoms. The molecule has 0 saturated carbocycles. The molecule has 0 aromatic heterocycles. The van der Waals surface area contributed by atoms with E-state index in [1.54, 1.807) is 0 Å². The molecule has 0 heterocycles. The second-order valence-electron chi connectivity index (χ2n) is 3.72. The monoisotopic (exact) mass is 243 g/mol. The maximum absolute atomic E-state index is 10.7. The van der Waals surface area contributed by atoms with E-state index < -0.39 is 0 Å². The number of nitrogens with one attached hydrogen (secondary N) is 1. The van der Waals surface area contributed by atoms with Gasteiger partial charge in [0.1, 0.15) is 0 Å². The van der Waals surface area contributed by atoms with Gasteiger partial charge in [-0.2, -0.15) is 0 Å². The lowest BCUT2D eigenvalue weighted by molar-refractivity contribution is 0.260. The fourth-order valence-corrected chi connectivity index (χ4v) is 1.70. The van der Waals surface area contributed by atoms with Crippen molar-refractivity contribution in [1.29, 1.82) is 0 Å². The lowest BCUT2D eigenvalue weighted by Crippen LogP contribution is -2.15. The molecule has 0 aliphatic heterocycles. The van der Waals surface area contributed by atoms with Crippen LogP contribution in [0.15, 0.2) is 54.6 Å². The SMILES string of the molecule is O=C(S)NCc1ccc(-c2ccccc2)cc1. The Morgan fingerprint density at radius 2 is 1.53 bits per heavy atom. The number of rotatable bonds is 3. The van der Waals surface area contributed by atoms with Crippen LogP contribution in [0.25, 0.3) is 11.1 Å². The van der Waals surface area contributed by atoms with Crippen LogP contribution in [-0.4, -0.2) is 5.24 Å². The fourth-order valence-electron chi connectivity index (χ4n) is 1.62. The quantitative estimate of drug-likeness (QED) is 0.794. The van der Waals surface area contributed by atoms with Gasteiger partial charge in [0.2, 0.25) is 0 Å². The molecule has 0 spiro atoms. The van der Waals surface area contributed by atoms with Crippen molar-refractivity contribution >= 4 is 17.9 Å². The van der Waals surface area contributed by atoms with Gasteiger partial charge in [-0.25, -0.2) is 0 Å². The van der Waals surface area contributed by atoms with Crippen LogP contribution in [-0.2, 0) is 6.54 Å². The van der Waals surface area contributed by atoms with Gasteiger partial charge in [0.15, 0.2) is 0 Å². The minimum absolute atomic E-state index is 0.308. The molecule has 0 fully saturated rings. The number of hydrogen-bond donors (Lipinski definition) is 2. The summed E-state index contributed by atoms with van der Waals surface area (Å²) in [7, 11) is 0. The summed E-state index contributed by atoms with van der Waals surface area (Å²) in [4.78, 5) is 10.7. The molecule has 0 aliphatic rings. The Bertz CT molecular complexity index is 493. The van der Waals surface area contributed by atoms with Gasteiger partial charge in [-0.1, -0.05) is 67.2 Å². The van der Waals surface area contributed by atoms with Crippen molar-refractivity contribution in [2.24, 2.45) is 0 Å². The molecule has 0 saturated heterocycles. The lowest BCUT2D eigenvalue weighted by atomic mass is 10.0. The van der Waals surface area contributed by atoms with Crippen molar-refractivity contribution < 1.29 is 4.79 Å². The first-order chi connectivity index (χ1) is 8.25. The molecule has 2 nitrogen and oxygen atoms in total. The lowest BCUT2D eigenvalue weighted by Gasteiger charge is -2.04. The average Bonchev–Trinajstić information content (AvgIpc) is 2.38. The normalized spacial score (nSPS) is 9.94. The molecule has 1 N–H and O–H groups in total. The van der Waals surface area contributed by atoms with Crippen LogP contribution in [0.1, 0.15) is 5.56 Å². The Labute approximate surface area is 106 Å². The van der Waals surface area contributed by atoms with Crippen molar-refractivity contribution in [3.05, 3.63) is 60.2 Å². The van der Waals surface area contributed by atoms with Crippen molar-refractivity contribution in [3.8, 4) is 11.1 Å². The van der Waals surface area contributed by atoms with E-state index in [1.165, 1.54) is 11.1 Å². The first-order valence-corrected chi connectivity index (χ1v) is 5.81. The predicted molar refractivity (Wildman–Crippen MR) is 73.1 cm³/mol. The molecular formula is C14H13NOS. The first-order valence-electron chi connectivity index (χ1n) is 5.37. The van der Waals surface area contributed by atoms with Crippen LogP contribution >= 0.6 is 12.6 Å². The number of carbonyl (C=O) groups is 1. The summed E-state index contributed by atoms with van der Waals surface area (Å²) < 4.78 is 0. The van der Waals surface area contributed by atoms with Gasteiger partial charge >= 0.3 is 0 Å². The molecule has 1 amide bonds. The maximum atomic E-state index is 10.7. The molecule has 0 aliphatic carbocycles. The highest BCUT2D eigenvalue weighted by Gasteiger charge is 1.98. The molecule has 2 aromatic carbocycles. The summed E-state index contributed by atoms with van der Waals surface area (Å²) in [5, 5.41) is 2.34. The Kier molecular flexibility index (Phi) is 3.83. The Morgan fingerprint density at radius 3 is 2.12 bits per heavy atom. The second kappa shape index (κ2) is 5.55. The molecule has 0 bridgehead atoms. The maximum Gasteiger partial charge on any atom is 0.276 e. The number of benzene rings is 2. The van der Waals surface area contributed by atoms with Gasteiger partial charge in [0.25, 0.3) is 5.24 Å². The molecule has 0 radical (unpaired) electrons. The predicted octanol–water partition coefficient (Wildman–Crippen LogP) is 3.49. The van der Waals surface area contributed by atoms with E-state index >= 15 is 0 Å². The summed E-state index contributed by atoms with van der Waals surface area (Å²) in [5.74, 6) is 0. The summed E-state index contributed by atoms with van der Waals surface area (Å²) >= 11 is 3.66. The van der Waals surface area contributed by atoms with E-state index in [4.69, 9.17) is 0 Å². The number of amides is 1. The molecular weight excluding hydrogens is 230 g/mol. The van der Waals surface area contributed by atoms with Crippen molar-refractivity contribution in [1.82, 2.24) is 5.32 Å². The number of carbonyl (C=O) groups excluding carboxylic acids is 1. The molecule has 17 heavy (non-hydrogen) atoms. The Hall–Kier alpha value is -1.74. The van der Waals surface area contributed by atoms with Gasteiger partial charge in [0, 0.05) is 6.54 Å². The standard InChI is InChI=1S/C14H13NOS/c16-14(17)15-10-11-6-8-13(9-7-11)12-4-2-1-3-5-12/h1-9H,10H2,(H2,15,16,17). The molecule has 86 valence electrons. The van der Waals surface area contributed by atoms with E-state index in [1.807, 2.05) is 30.3 Å². The van der Waals surface area contributed by atoms with Gasteiger partial charge in [-0.3, -0.25) is 4.79 Å². The van der Waals surface area contributed by atoms with E-state index in [2.05, 4.69) is 42.2 Å². The summed E-state index contributed by atoms with van der Waals surface area (Å²) in [6.45, 7) is 0.511. The highest BCUT2D eigenvalue weighted by molar-refractivity contribution is 7.96. The molecule has 2 aromatic rings. The summed E-state index contributed by atoms with van der Waals surface area (Å²) in [5.41, 5.74) is 3.43. The molecule has 0 atom stereocenters. The first kappa shape index (κ1) is 11.7. The third kappa shape index (κ3) is 3.36. The van der Waals surface area contributed by atoms with Crippen LogP contribution in [0.5, 0.6) is 0 Å². The van der Waals surface area contributed by atoms with Crippen LogP contribution in [0.3, 0.4) is 0 Å². The Morgan fingerprint density at radius 1 is 0.941 bits per heavy atom. The van der Waals surface area contributed by atoms with E-state index in [0.717, 1.165) is 5.56 Å². The van der Waals surface area contributed by atoms with Crippen molar-refractivity contribution in [2.75, 3.05) is 0 Å². The van der Waals surface area contributed by atoms with Crippen LogP contribution in [0.2, 0.25) is 0 Å². The van der Waals surface area contributed by atoms with E-state index in [-0.39, 0.29) is 5.24 Å². The van der Waals surface area contributed by atoms with E-state index in [0.29, 0.717) is 6.54 Å². The zero-order valence-electron chi connectivity index (χ0n) is 9.26. The van der Waals surface area contributed by atoms with Crippen molar-refractivity contribution in [3.63, 3.8) is 0 Å². The summed E-state index contributed by atoms with van der Waals surface area (Å²) in [6.07, 6.45) is 0. The van der Waals surface area contributed by atoms with Crippen LogP contribution < -0.4 is 5.32 Å². The minimum Gasteiger partial charge on any atom is -0.343 e. The van der Waals surface area contributed by atoms with Gasteiger partial charge in [0.05, 0.1) is 0 Å². The highest BCUT2D eigenvalue weighted by Crippen LogP contribution is 2.19. The minimum atomic E-state index is -0.308. The van der Waals surface area contributed by atoms with Crippen LogP contribution in [0.4, 0.5) is 4.79 Å². The zero-order valence-corrected chi connectivity index (χ0v) is 10.2. The average molecular weight is 243 g/mol. The number of thiol groups is 1. The largest absolute Gasteiger partial charge is 0.343 e.